The number of aromatic nitrogens is 3. The summed E-state index contributed by atoms with van der Waals surface area (Å²) >= 11 is 0. The van der Waals surface area contributed by atoms with E-state index in [1.807, 2.05) is 25.1 Å². The molecule has 1 unspecified atom stereocenters. The van der Waals surface area contributed by atoms with Gasteiger partial charge < -0.3 is 5.32 Å². The maximum Gasteiger partial charge on any atom is 0.272 e. The lowest BCUT2D eigenvalue weighted by Gasteiger charge is -2.12. The summed E-state index contributed by atoms with van der Waals surface area (Å²) in [6, 6.07) is 7.99. The quantitative estimate of drug-likeness (QED) is 0.877. The van der Waals surface area contributed by atoms with Crippen LogP contribution in [-0.2, 0) is 7.05 Å². The second-order valence-electron chi connectivity index (χ2n) is 4.13. The first kappa shape index (κ1) is 12.9. The van der Waals surface area contributed by atoms with Crippen molar-refractivity contribution in [1.82, 2.24) is 20.1 Å². The van der Waals surface area contributed by atoms with E-state index in [0.717, 1.165) is 10.4 Å². The standard InChI is InChI=1S/C13H14N4O2/c1-9(10-5-3-4-8-14-10)15-13(19)11-6-7-12(18)17(2)16-11/h3-9H,1-2H3,(H,15,19). The molecule has 0 spiro atoms. The molecule has 2 rings (SSSR count). The molecular formula is C13H14N4O2. The fourth-order valence-electron chi connectivity index (χ4n) is 1.60. The molecule has 98 valence electrons. The highest BCUT2D eigenvalue weighted by atomic mass is 16.2. The summed E-state index contributed by atoms with van der Waals surface area (Å²) in [5.41, 5.74) is 0.708. The Morgan fingerprint density at radius 1 is 1.32 bits per heavy atom. The molecular weight excluding hydrogens is 244 g/mol. The van der Waals surface area contributed by atoms with E-state index < -0.39 is 0 Å². The number of carbonyl (C=O) groups excluding carboxylic acids is 1. The molecule has 0 saturated heterocycles. The van der Waals surface area contributed by atoms with Crippen LogP contribution in [0.4, 0.5) is 0 Å². The molecule has 19 heavy (non-hydrogen) atoms. The predicted molar refractivity (Wildman–Crippen MR) is 69.6 cm³/mol. The van der Waals surface area contributed by atoms with E-state index in [4.69, 9.17) is 0 Å². The number of nitrogens with zero attached hydrogens (tertiary/aromatic N) is 3. The van der Waals surface area contributed by atoms with Crippen LogP contribution in [0.5, 0.6) is 0 Å². The average molecular weight is 258 g/mol. The first-order chi connectivity index (χ1) is 9.08. The number of rotatable bonds is 3. The zero-order valence-electron chi connectivity index (χ0n) is 10.7. The molecule has 2 aromatic heterocycles. The van der Waals surface area contributed by atoms with Crippen LogP contribution in [0.2, 0.25) is 0 Å². The van der Waals surface area contributed by atoms with Crippen molar-refractivity contribution < 1.29 is 4.79 Å². The molecule has 6 nitrogen and oxygen atoms in total. The number of nitrogens with one attached hydrogen (secondary N) is 1. The van der Waals surface area contributed by atoms with Crippen molar-refractivity contribution in [2.75, 3.05) is 0 Å². The van der Waals surface area contributed by atoms with E-state index in [9.17, 15) is 9.59 Å². The van der Waals surface area contributed by atoms with E-state index >= 15 is 0 Å². The van der Waals surface area contributed by atoms with E-state index in [2.05, 4.69) is 15.4 Å². The third-order valence-electron chi connectivity index (χ3n) is 2.67. The van der Waals surface area contributed by atoms with Gasteiger partial charge in [0.15, 0.2) is 0 Å². The van der Waals surface area contributed by atoms with Crippen molar-refractivity contribution in [3.8, 4) is 0 Å². The van der Waals surface area contributed by atoms with Crippen LogP contribution in [0.1, 0.15) is 29.1 Å². The second-order valence-corrected chi connectivity index (χ2v) is 4.13. The van der Waals surface area contributed by atoms with Gasteiger partial charge in [-0.05, 0) is 25.1 Å². The Hall–Kier alpha value is -2.50. The zero-order valence-corrected chi connectivity index (χ0v) is 10.7. The van der Waals surface area contributed by atoms with Crippen LogP contribution in [0.3, 0.4) is 0 Å². The number of carbonyl (C=O) groups is 1. The normalized spacial score (nSPS) is 11.9. The maximum atomic E-state index is 12.0. The molecule has 0 fully saturated rings. The molecule has 1 N–H and O–H groups in total. The Balaban J connectivity index is 2.13. The molecule has 0 bridgehead atoms. The number of aryl methyl sites for hydroxylation is 1. The largest absolute Gasteiger partial charge is 0.343 e. The molecule has 2 aromatic rings. The lowest BCUT2D eigenvalue weighted by Crippen LogP contribution is -2.30. The van der Waals surface area contributed by atoms with Crippen molar-refractivity contribution in [3.63, 3.8) is 0 Å². The molecule has 0 saturated carbocycles. The first-order valence-corrected chi connectivity index (χ1v) is 5.84. The summed E-state index contributed by atoms with van der Waals surface area (Å²) in [6.07, 6.45) is 1.67. The number of amides is 1. The molecule has 6 heteroatoms. The van der Waals surface area contributed by atoms with Gasteiger partial charge >= 0.3 is 0 Å². The highest BCUT2D eigenvalue weighted by Gasteiger charge is 2.13. The molecule has 0 aromatic carbocycles. The summed E-state index contributed by atoms with van der Waals surface area (Å²) < 4.78 is 1.13. The molecule has 0 radical (unpaired) electrons. The van der Waals surface area contributed by atoms with Crippen LogP contribution in [-0.4, -0.2) is 20.7 Å². The van der Waals surface area contributed by atoms with Crippen molar-refractivity contribution in [3.05, 3.63) is 58.3 Å². The SMILES string of the molecule is CC(NC(=O)c1ccc(=O)n(C)n1)c1ccccn1. The molecule has 0 aliphatic rings. The van der Waals surface area contributed by atoms with Crippen LogP contribution in [0.15, 0.2) is 41.3 Å². The van der Waals surface area contributed by atoms with Gasteiger partial charge in [-0.25, -0.2) is 4.68 Å². The van der Waals surface area contributed by atoms with Gasteiger partial charge in [0.05, 0.1) is 11.7 Å². The summed E-state index contributed by atoms with van der Waals surface area (Å²) in [5.74, 6) is -0.339. The van der Waals surface area contributed by atoms with Crippen LogP contribution in [0, 0.1) is 0 Å². The van der Waals surface area contributed by atoms with Gasteiger partial charge in [0, 0.05) is 19.3 Å². The number of hydrogen-bond acceptors (Lipinski definition) is 4. The van der Waals surface area contributed by atoms with E-state index in [1.54, 1.807) is 6.20 Å². The van der Waals surface area contributed by atoms with Crippen molar-refractivity contribution in [2.24, 2.45) is 7.05 Å². The lowest BCUT2D eigenvalue weighted by atomic mass is 10.2. The monoisotopic (exact) mass is 258 g/mol. The van der Waals surface area contributed by atoms with Crippen molar-refractivity contribution >= 4 is 5.91 Å². The van der Waals surface area contributed by atoms with Gasteiger partial charge in [0.2, 0.25) is 0 Å². The van der Waals surface area contributed by atoms with E-state index in [-0.39, 0.29) is 23.2 Å². The predicted octanol–water partition coefficient (Wildman–Crippen LogP) is 0.666. The maximum absolute atomic E-state index is 12.0. The highest BCUT2D eigenvalue weighted by Crippen LogP contribution is 2.08. The fraction of sp³-hybridized carbons (Fsp3) is 0.231. The third kappa shape index (κ3) is 3.04. The van der Waals surface area contributed by atoms with Gasteiger partial charge in [-0.1, -0.05) is 6.07 Å². The summed E-state index contributed by atoms with van der Waals surface area (Å²) in [6.45, 7) is 1.84. The van der Waals surface area contributed by atoms with Crippen LogP contribution >= 0.6 is 0 Å². The smallest absolute Gasteiger partial charge is 0.272 e. The molecule has 1 atom stereocenters. The topological polar surface area (TPSA) is 76.9 Å². The minimum absolute atomic E-state index is 0.199. The summed E-state index contributed by atoms with van der Waals surface area (Å²) in [4.78, 5) is 27.3. The molecule has 1 amide bonds. The lowest BCUT2D eigenvalue weighted by molar-refractivity contribution is 0.0931. The fourth-order valence-corrected chi connectivity index (χ4v) is 1.60. The Bertz CT molecular complexity index is 637. The van der Waals surface area contributed by atoms with Gasteiger partial charge in [0.25, 0.3) is 11.5 Å². The van der Waals surface area contributed by atoms with Gasteiger partial charge in [-0.15, -0.1) is 0 Å². The highest BCUT2D eigenvalue weighted by molar-refractivity contribution is 5.92. The third-order valence-corrected chi connectivity index (χ3v) is 2.67. The first-order valence-electron chi connectivity index (χ1n) is 5.84. The van der Waals surface area contributed by atoms with Crippen molar-refractivity contribution in [2.45, 2.75) is 13.0 Å². The van der Waals surface area contributed by atoms with Crippen LogP contribution in [0.25, 0.3) is 0 Å². The summed E-state index contributed by atoms with van der Waals surface area (Å²) in [5, 5.41) is 6.67. The Kier molecular flexibility index (Phi) is 3.70. The number of hydrogen-bond donors (Lipinski definition) is 1. The van der Waals surface area contributed by atoms with Crippen molar-refractivity contribution in [1.29, 1.82) is 0 Å². The Labute approximate surface area is 110 Å². The minimum Gasteiger partial charge on any atom is -0.343 e. The van der Waals surface area contributed by atoms with E-state index in [1.165, 1.54) is 19.2 Å². The Morgan fingerprint density at radius 2 is 2.11 bits per heavy atom. The second kappa shape index (κ2) is 5.43. The molecule has 0 aliphatic carbocycles. The average Bonchev–Trinajstić information content (AvgIpc) is 2.42. The van der Waals surface area contributed by atoms with Gasteiger partial charge in [-0.3, -0.25) is 14.6 Å². The summed E-state index contributed by atoms with van der Waals surface area (Å²) in [7, 11) is 1.50. The van der Waals surface area contributed by atoms with Gasteiger partial charge in [-0.2, -0.15) is 5.10 Å². The number of pyridine rings is 1. The minimum atomic E-state index is -0.339. The zero-order chi connectivity index (χ0) is 13.8. The van der Waals surface area contributed by atoms with E-state index in [0.29, 0.717) is 0 Å². The molecule has 2 heterocycles. The molecule has 0 aliphatic heterocycles. The van der Waals surface area contributed by atoms with Gasteiger partial charge in [0.1, 0.15) is 5.69 Å². The van der Waals surface area contributed by atoms with Crippen LogP contribution < -0.4 is 10.9 Å². The Morgan fingerprint density at radius 3 is 2.74 bits per heavy atom.